The van der Waals surface area contributed by atoms with Gasteiger partial charge in [0.25, 0.3) is 0 Å². The molecule has 0 amide bonds. The van der Waals surface area contributed by atoms with E-state index in [9.17, 15) is 13.2 Å². The van der Waals surface area contributed by atoms with E-state index >= 15 is 0 Å². The summed E-state index contributed by atoms with van der Waals surface area (Å²) < 4.78 is 41.3. The summed E-state index contributed by atoms with van der Waals surface area (Å²) in [6, 6.07) is 7.30. The number of hydrogen-bond donors (Lipinski definition) is 0. The van der Waals surface area contributed by atoms with Crippen LogP contribution in [0.4, 0.5) is 13.2 Å². The van der Waals surface area contributed by atoms with Gasteiger partial charge in [-0.1, -0.05) is 22.9 Å². The molecule has 0 fully saturated rings. The molecule has 126 valence electrons. The van der Waals surface area contributed by atoms with E-state index < -0.39 is 17.5 Å². The highest BCUT2D eigenvalue weighted by molar-refractivity contribution is 7.19. The summed E-state index contributed by atoms with van der Waals surface area (Å²) in [6.07, 6.45) is 0.163. The molecule has 0 saturated heterocycles. The highest BCUT2D eigenvalue weighted by Gasteiger charge is 2.16. The van der Waals surface area contributed by atoms with Crippen LogP contribution in [0.15, 0.2) is 36.4 Å². The molecule has 0 N–H and O–H groups in total. The maximum absolute atomic E-state index is 13.3. The van der Waals surface area contributed by atoms with Gasteiger partial charge < -0.3 is 0 Å². The smallest absolute Gasteiger partial charge is 0.207 e. The predicted octanol–water partition coefficient (Wildman–Crippen LogP) is 4.51. The molecule has 2 aromatic heterocycles. The van der Waals surface area contributed by atoms with Crippen LogP contribution in [-0.4, -0.2) is 19.8 Å². The van der Waals surface area contributed by atoms with Crippen LogP contribution in [0.3, 0.4) is 0 Å². The van der Waals surface area contributed by atoms with E-state index in [2.05, 4.69) is 15.3 Å². The molecule has 25 heavy (non-hydrogen) atoms. The molecule has 0 atom stereocenters. The molecule has 0 aliphatic carbocycles. The minimum atomic E-state index is -0.659. The molecular formula is C16H8ClF3N4S. The molecule has 0 unspecified atom stereocenters. The van der Waals surface area contributed by atoms with Gasteiger partial charge in [0.05, 0.1) is 5.02 Å². The number of halogens is 4. The van der Waals surface area contributed by atoms with Crippen molar-refractivity contribution in [2.24, 2.45) is 0 Å². The second kappa shape index (κ2) is 6.12. The lowest BCUT2D eigenvalue weighted by Gasteiger charge is -2.01. The van der Waals surface area contributed by atoms with Crippen LogP contribution in [0.1, 0.15) is 11.4 Å². The summed E-state index contributed by atoms with van der Waals surface area (Å²) in [4.78, 5) is 0.502. The van der Waals surface area contributed by atoms with E-state index in [-0.39, 0.29) is 11.4 Å². The molecule has 0 aliphatic heterocycles. The van der Waals surface area contributed by atoms with Crippen molar-refractivity contribution in [3.8, 4) is 10.6 Å². The van der Waals surface area contributed by atoms with Crippen LogP contribution in [0, 0.1) is 17.5 Å². The highest BCUT2D eigenvalue weighted by atomic mass is 35.5. The third kappa shape index (κ3) is 3.10. The minimum absolute atomic E-state index is 0.163. The fourth-order valence-corrected chi connectivity index (χ4v) is 3.65. The Morgan fingerprint density at radius 2 is 1.72 bits per heavy atom. The summed E-state index contributed by atoms with van der Waals surface area (Å²) in [6.45, 7) is 0. The molecule has 0 radical (unpaired) electrons. The first-order valence-electron chi connectivity index (χ1n) is 7.11. The van der Waals surface area contributed by atoms with Crippen LogP contribution in [0.5, 0.6) is 0 Å². The molecule has 0 bridgehead atoms. The van der Waals surface area contributed by atoms with Gasteiger partial charge in [-0.3, -0.25) is 0 Å². The van der Waals surface area contributed by atoms with Gasteiger partial charge in [0, 0.05) is 18.1 Å². The maximum Gasteiger partial charge on any atom is 0.234 e. The Balaban J connectivity index is 1.73. The maximum atomic E-state index is 13.3. The molecule has 4 nitrogen and oxygen atoms in total. The van der Waals surface area contributed by atoms with E-state index in [4.69, 9.17) is 11.6 Å². The van der Waals surface area contributed by atoms with Crippen molar-refractivity contribution in [1.29, 1.82) is 0 Å². The third-order valence-electron chi connectivity index (χ3n) is 3.50. The number of aromatic nitrogens is 4. The molecule has 2 heterocycles. The Morgan fingerprint density at radius 1 is 0.960 bits per heavy atom. The van der Waals surface area contributed by atoms with E-state index in [0.717, 1.165) is 6.07 Å². The van der Waals surface area contributed by atoms with Crippen molar-refractivity contribution in [3.05, 3.63) is 70.3 Å². The SMILES string of the molecule is Fc1cc(F)cc(Cc2nnc3sc(-c4ccc(F)cc4Cl)nn23)c1. The van der Waals surface area contributed by atoms with Gasteiger partial charge in [0.1, 0.15) is 22.5 Å². The van der Waals surface area contributed by atoms with Crippen molar-refractivity contribution in [2.75, 3.05) is 0 Å². The molecule has 0 aliphatic rings. The number of rotatable bonds is 3. The van der Waals surface area contributed by atoms with Crippen LogP contribution in [0.2, 0.25) is 5.02 Å². The van der Waals surface area contributed by atoms with Crippen molar-refractivity contribution in [1.82, 2.24) is 19.8 Å². The zero-order chi connectivity index (χ0) is 17.6. The van der Waals surface area contributed by atoms with E-state index in [1.165, 1.54) is 46.2 Å². The second-order valence-corrected chi connectivity index (χ2v) is 6.66. The number of nitrogens with zero attached hydrogens (tertiary/aromatic N) is 4. The average Bonchev–Trinajstić information content (AvgIpc) is 3.08. The lowest BCUT2D eigenvalue weighted by molar-refractivity contribution is 0.580. The first-order chi connectivity index (χ1) is 12.0. The molecule has 4 aromatic rings. The zero-order valence-electron chi connectivity index (χ0n) is 12.4. The van der Waals surface area contributed by atoms with Crippen molar-refractivity contribution in [2.45, 2.75) is 6.42 Å². The quantitative estimate of drug-likeness (QED) is 0.525. The topological polar surface area (TPSA) is 43.1 Å². The van der Waals surface area contributed by atoms with Gasteiger partial charge in [-0.05, 0) is 35.9 Å². The van der Waals surface area contributed by atoms with Crippen LogP contribution < -0.4 is 0 Å². The van der Waals surface area contributed by atoms with Crippen molar-refractivity contribution < 1.29 is 13.2 Å². The summed E-state index contributed by atoms with van der Waals surface area (Å²) in [5.41, 5.74) is 0.988. The van der Waals surface area contributed by atoms with Crippen LogP contribution >= 0.6 is 22.9 Å². The largest absolute Gasteiger partial charge is 0.234 e. The minimum Gasteiger partial charge on any atom is -0.207 e. The fourth-order valence-electron chi connectivity index (χ4n) is 2.44. The Morgan fingerprint density at radius 3 is 2.44 bits per heavy atom. The van der Waals surface area contributed by atoms with E-state index in [1.807, 2.05) is 0 Å². The number of fused-ring (bicyclic) bond motifs is 1. The Hall–Kier alpha value is -2.45. The third-order valence-corrected chi connectivity index (χ3v) is 4.75. The van der Waals surface area contributed by atoms with Gasteiger partial charge in [-0.15, -0.1) is 10.2 Å². The number of hydrogen-bond acceptors (Lipinski definition) is 4. The Kier molecular flexibility index (Phi) is 3.93. The van der Waals surface area contributed by atoms with Gasteiger partial charge in [0.2, 0.25) is 4.96 Å². The summed E-state index contributed by atoms with van der Waals surface area (Å²) in [7, 11) is 0. The lowest BCUT2D eigenvalue weighted by atomic mass is 10.1. The molecule has 4 rings (SSSR count). The Bertz CT molecular complexity index is 1070. The zero-order valence-corrected chi connectivity index (χ0v) is 14.0. The van der Waals surface area contributed by atoms with Crippen LogP contribution in [-0.2, 0) is 6.42 Å². The monoisotopic (exact) mass is 380 g/mol. The predicted molar refractivity (Wildman–Crippen MR) is 88.2 cm³/mol. The van der Waals surface area contributed by atoms with Crippen molar-refractivity contribution >= 4 is 27.9 Å². The standard InChI is InChI=1S/C16H8ClF3N4S/c17-13-7-9(18)1-2-12(13)15-23-24-14(21-22-16(24)25-15)5-8-3-10(19)6-11(20)4-8/h1-4,6-7H,5H2. The van der Waals surface area contributed by atoms with Gasteiger partial charge in [-0.25, -0.2) is 13.2 Å². The molecule has 0 saturated carbocycles. The highest BCUT2D eigenvalue weighted by Crippen LogP contribution is 2.32. The number of benzene rings is 2. The van der Waals surface area contributed by atoms with Gasteiger partial charge >= 0.3 is 0 Å². The summed E-state index contributed by atoms with van der Waals surface area (Å²) in [5.74, 6) is -1.33. The molecular weight excluding hydrogens is 373 g/mol. The van der Waals surface area contributed by atoms with E-state index in [0.29, 0.717) is 26.9 Å². The fraction of sp³-hybridized carbons (Fsp3) is 0.0625. The normalized spacial score (nSPS) is 11.4. The molecule has 9 heteroatoms. The van der Waals surface area contributed by atoms with Crippen molar-refractivity contribution in [3.63, 3.8) is 0 Å². The molecule has 0 spiro atoms. The van der Waals surface area contributed by atoms with Gasteiger partial charge in [0.15, 0.2) is 5.82 Å². The first-order valence-corrected chi connectivity index (χ1v) is 8.30. The average molecular weight is 381 g/mol. The second-order valence-electron chi connectivity index (χ2n) is 5.30. The lowest BCUT2D eigenvalue weighted by Crippen LogP contribution is -1.99. The first kappa shape index (κ1) is 16.0. The van der Waals surface area contributed by atoms with Gasteiger partial charge in [-0.2, -0.15) is 9.61 Å². The summed E-state index contributed by atoms with van der Waals surface area (Å²) in [5, 5.41) is 13.2. The van der Waals surface area contributed by atoms with Crippen LogP contribution in [0.25, 0.3) is 15.5 Å². The summed E-state index contributed by atoms with van der Waals surface area (Å²) >= 11 is 7.29. The molecule has 2 aromatic carbocycles. The van der Waals surface area contributed by atoms with E-state index in [1.54, 1.807) is 0 Å². The Labute approximate surface area is 148 Å².